The Morgan fingerprint density at radius 3 is 2.53 bits per heavy atom. The Kier molecular flexibility index (Phi) is 5.38. The molecule has 4 nitrogen and oxygen atoms in total. The topological polar surface area (TPSA) is 58.2 Å². The number of hydrogen-bond acceptors (Lipinski definition) is 3. The third kappa shape index (κ3) is 3.86. The van der Waals surface area contributed by atoms with E-state index < -0.39 is 10.0 Å². The van der Waals surface area contributed by atoms with E-state index in [2.05, 4.69) is 62.4 Å². The highest BCUT2D eigenvalue weighted by Gasteiger charge is 2.38. The predicted molar refractivity (Wildman–Crippen MR) is 134 cm³/mol. The van der Waals surface area contributed by atoms with Crippen LogP contribution in [-0.4, -0.2) is 8.42 Å². The van der Waals surface area contributed by atoms with Gasteiger partial charge in [-0.15, -0.1) is 0 Å². The molecule has 0 spiro atoms. The van der Waals surface area contributed by atoms with Gasteiger partial charge in [-0.3, -0.25) is 4.72 Å². The van der Waals surface area contributed by atoms with Gasteiger partial charge in [-0.25, -0.2) is 8.42 Å². The van der Waals surface area contributed by atoms with Crippen LogP contribution in [-0.2, 0) is 10.0 Å². The maximum absolute atomic E-state index is 13.2. The van der Waals surface area contributed by atoms with Crippen LogP contribution in [0.1, 0.15) is 40.6 Å². The maximum atomic E-state index is 13.2. The Morgan fingerprint density at radius 1 is 1.00 bits per heavy atom. The molecule has 0 saturated carbocycles. The second-order valence-corrected chi connectivity index (χ2v) is 11.3. The number of rotatable bonds is 4. The van der Waals surface area contributed by atoms with Gasteiger partial charge in [0.15, 0.2) is 0 Å². The first-order valence-corrected chi connectivity index (χ1v) is 13.0. The highest BCUT2D eigenvalue weighted by atomic mass is 79.9. The van der Waals surface area contributed by atoms with Crippen LogP contribution in [0.4, 0.5) is 11.4 Å². The van der Waals surface area contributed by atoms with Crippen LogP contribution >= 0.6 is 15.9 Å². The van der Waals surface area contributed by atoms with E-state index in [4.69, 9.17) is 0 Å². The van der Waals surface area contributed by atoms with E-state index in [9.17, 15) is 8.42 Å². The molecule has 1 heterocycles. The first kappa shape index (κ1) is 21.3. The summed E-state index contributed by atoms with van der Waals surface area (Å²) in [7, 11) is -3.69. The van der Waals surface area contributed by atoms with Crippen molar-refractivity contribution < 1.29 is 8.42 Å². The molecule has 32 heavy (non-hydrogen) atoms. The van der Waals surface area contributed by atoms with Crippen LogP contribution in [0.3, 0.4) is 0 Å². The van der Waals surface area contributed by atoms with E-state index in [1.807, 2.05) is 44.2 Å². The molecule has 3 aromatic carbocycles. The van der Waals surface area contributed by atoms with Crippen molar-refractivity contribution in [3.63, 3.8) is 0 Å². The van der Waals surface area contributed by atoms with Crippen LogP contribution in [0.25, 0.3) is 0 Å². The summed E-state index contributed by atoms with van der Waals surface area (Å²) < 4.78 is 30.2. The largest absolute Gasteiger partial charge is 0.378 e. The number of fused-ring (bicyclic) bond motifs is 3. The SMILES string of the molecule is Cc1ccc(NS(=O)(=O)c2ccc3c(c2)C2C=CCC2C(c2ccc(Br)cc2)N3)c(C)c1. The number of hydrogen-bond donors (Lipinski definition) is 2. The van der Waals surface area contributed by atoms with Gasteiger partial charge in [-0.1, -0.05) is 57.9 Å². The number of benzene rings is 3. The lowest BCUT2D eigenvalue weighted by molar-refractivity contribution is 0.425. The Balaban J connectivity index is 1.49. The average Bonchev–Trinajstić information content (AvgIpc) is 3.26. The van der Waals surface area contributed by atoms with Crippen molar-refractivity contribution in [2.75, 3.05) is 10.0 Å². The third-order valence-corrected chi connectivity index (χ3v) is 8.39. The monoisotopic (exact) mass is 508 g/mol. The highest BCUT2D eigenvalue weighted by molar-refractivity contribution is 9.10. The number of allylic oxidation sites excluding steroid dienone is 2. The molecule has 2 aliphatic rings. The summed E-state index contributed by atoms with van der Waals surface area (Å²) in [6, 6.07) is 19.8. The first-order chi connectivity index (χ1) is 15.3. The molecule has 0 fully saturated rings. The maximum Gasteiger partial charge on any atom is 0.261 e. The van der Waals surface area contributed by atoms with Crippen molar-refractivity contribution in [3.05, 3.63) is 99.5 Å². The van der Waals surface area contributed by atoms with E-state index in [1.165, 1.54) is 5.56 Å². The quantitative estimate of drug-likeness (QED) is 0.385. The molecule has 164 valence electrons. The zero-order valence-corrected chi connectivity index (χ0v) is 20.4. The summed E-state index contributed by atoms with van der Waals surface area (Å²) in [6.45, 7) is 3.91. The molecule has 3 aromatic rings. The lowest BCUT2D eigenvalue weighted by Crippen LogP contribution is -2.29. The molecular formula is C26H25BrN2O2S. The molecule has 0 saturated heterocycles. The second kappa shape index (κ2) is 8.09. The number of aryl methyl sites for hydroxylation is 2. The first-order valence-electron chi connectivity index (χ1n) is 10.7. The van der Waals surface area contributed by atoms with Gasteiger partial charge in [0.25, 0.3) is 10.0 Å². The summed E-state index contributed by atoms with van der Waals surface area (Å²) in [5.41, 5.74) is 5.90. The molecule has 0 radical (unpaired) electrons. The smallest absolute Gasteiger partial charge is 0.261 e. The fourth-order valence-corrected chi connectivity index (χ4v) is 6.30. The van der Waals surface area contributed by atoms with Gasteiger partial charge < -0.3 is 5.32 Å². The summed E-state index contributed by atoms with van der Waals surface area (Å²) in [5, 5.41) is 3.68. The Bertz CT molecular complexity index is 1320. The van der Waals surface area contributed by atoms with Crippen molar-refractivity contribution in [2.45, 2.75) is 37.1 Å². The van der Waals surface area contributed by atoms with Crippen molar-refractivity contribution in [1.29, 1.82) is 0 Å². The standard InChI is InChI=1S/C26H25BrN2O2S/c1-16-6-12-24(17(2)14-16)29-32(30,31)20-11-13-25-23(15-20)21-4-3-5-22(21)26(28-25)18-7-9-19(27)10-8-18/h3-4,6-15,21-22,26,28-29H,5H2,1-2H3. The zero-order chi connectivity index (χ0) is 22.5. The molecule has 0 amide bonds. The summed E-state index contributed by atoms with van der Waals surface area (Å²) in [4.78, 5) is 0.291. The highest BCUT2D eigenvalue weighted by Crippen LogP contribution is 2.50. The van der Waals surface area contributed by atoms with Crippen LogP contribution in [0.15, 0.2) is 82.2 Å². The van der Waals surface area contributed by atoms with Crippen LogP contribution in [0.5, 0.6) is 0 Å². The van der Waals surface area contributed by atoms with Gasteiger partial charge in [0.2, 0.25) is 0 Å². The van der Waals surface area contributed by atoms with Crippen LogP contribution < -0.4 is 10.0 Å². The fraction of sp³-hybridized carbons (Fsp3) is 0.231. The molecule has 2 N–H and O–H groups in total. The lowest BCUT2D eigenvalue weighted by Gasteiger charge is -2.37. The minimum absolute atomic E-state index is 0.186. The summed E-state index contributed by atoms with van der Waals surface area (Å²) >= 11 is 3.51. The van der Waals surface area contributed by atoms with Gasteiger partial charge in [-0.05, 0) is 79.3 Å². The summed E-state index contributed by atoms with van der Waals surface area (Å²) in [5.74, 6) is 0.546. The molecule has 3 unspecified atom stereocenters. The van der Waals surface area contributed by atoms with Crippen LogP contribution in [0.2, 0.25) is 0 Å². The minimum Gasteiger partial charge on any atom is -0.378 e. The van der Waals surface area contributed by atoms with E-state index >= 15 is 0 Å². The molecule has 6 heteroatoms. The molecule has 1 aliphatic carbocycles. The number of sulfonamides is 1. The van der Waals surface area contributed by atoms with Gasteiger partial charge in [0.1, 0.15) is 0 Å². The van der Waals surface area contributed by atoms with E-state index in [-0.39, 0.29) is 12.0 Å². The van der Waals surface area contributed by atoms with Gasteiger partial charge >= 0.3 is 0 Å². The normalized spacial score (nSPS) is 21.5. The molecule has 3 atom stereocenters. The second-order valence-electron chi connectivity index (χ2n) is 8.70. The minimum atomic E-state index is -3.69. The lowest BCUT2D eigenvalue weighted by atomic mass is 9.77. The van der Waals surface area contributed by atoms with Crippen molar-refractivity contribution in [3.8, 4) is 0 Å². The van der Waals surface area contributed by atoms with Crippen LogP contribution in [0, 0.1) is 19.8 Å². The Morgan fingerprint density at radius 2 is 1.78 bits per heavy atom. The van der Waals surface area contributed by atoms with Gasteiger partial charge in [0.05, 0.1) is 16.6 Å². The van der Waals surface area contributed by atoms with Gasteiger partial charge in [0, 0.05) is 16.1 Å². The van der Waals surface area contributed by atoms with Crippen molar-refractivity contribution >= 4 is 37.3 Å². The van der Waals surface area contributed by atoms with Crippen molar-refractivity contribution in [1.82, 2.24) is 0 Å². The predicted octanol–water partition coefficient (Wildman–Crippen LogP) is 6.69. The van der Waals surface area contributed by atoms with E-state index in [0.717, 1.165) is 33.3 Å². The summed E-state index contributed by atoms with van der Waals surface area (Å²) in [6.07, 6.45) is 5.41. The zero-order valence-electron chi connectivity index (χ0n) is 18.0. The molecule has 1 aliphatic heterocycles. The van der Waals surface area contributed by atoms with E-state index in [1.54, 1.807) is 6.07 Å². The number of nitrogens with one attached hydrogen (secondary N) is 2. The Hall–Kier alpha value is -2.57. The number of anilines is 2. The fourth-order valence-electron chi connectivity index (χ4n) is 4.87. The van der Waals surface area contributed by atoms with E-state index in [0.29, 0.717) is 16.5 Å². The molecule has 5 rings (SSSR count). The third-order valence-electron chi connectivity index (χ3n) is 6.50. The molecule has 0 aromatic heterocycles. The average molecular weight is 509 g/mol. The van der Waals surface area contributed by atoms with Crippen molar-refractivity contribution in [2.24, 2.45) is 5.92 Å². The molecule has 0 bridgehead atoms. The molecular weight excluding hydrogens is 484 g/mol. The van der Waals surface area contributed by atoms with Gasteiger partial charge in [-0.2, -0.15) is 0 Å². The Labute approximate surface area is 197 Å². The number of halogens is 1.